The zero-order valence-corrected chi connectivity index (χ0v) is 17.8. The fourth-order valence-electron chi connectivity index (χ4n) is 4.02. The average molecular weight is 419 g/mol. The predicted octanol–water partition coefficient (Wildman–Crippen LogP) is 3.73. The van der Waals surface area contributed by atoms with Gasteiger partial charge >= 0.3 is 5.63 Å². The third-order valence-corrected chi connectivity index (χ3v) is 5.78. The molecule has 2 aromatic heterocycles. The van der Waals surface area contributed by atoms with Crippen LogP contribution in [0.25, 0.3) is 21.9 Å². The molecular formula is C25H25NO5. The van der Waals surface area contributed by atoms with Crippen molar-refractivity contribution in [3.8, 4) is 0 Å². The molecule has 0 aliphatic rings. The van der Waals surface area contributed by atoms with Gasteiger partial charge in [0.25, 0.3) is 0 Å². The van der Waals surface area contributed by atoms with Crippen LogP contribution in [0.2, 0.25) is 0 Å². The summed E-state index contributed by atoms with van der Waals surface area (Å²) in [6, 6.07) is 11.1. The summed E-state index contributed by atoms with van der Waals surface area (Å²) < 4.78 is 11.2. The molecule has 0 bridgehead atoms. The van der Waals surface area contributed by atoms with E-state index in [1.165, 1.54) is 0 Å². The summed E-state index contributed by atoms with van der Waals surface area (Å²) in [6.45, 7) is 5.46. The van der Waals surface area contributed by atoms with E-state index < -0.39 is 11.7 Å². The lowest BCUT2D eigenvalue weighted by Crippen LogP contribution is -2.40. The summed E-state index contributed by atoms with van der Waals surface area (Å²) >= 11 is 0. The van der Waals surface area contributed by atoms with Crippen LogP contribution in [-0.2, 0) is 17.6 Å². The number of benzene rings is 2. The SMILES string of the molecule is Cc1coc2c(C)c3oc(=O)c(CC(=O)N[C@H](CO)Cc4ccccc4)c(C)c3cc12. The third kappa shape index (κ3) is 3.99. The monoisotopic (exact) mass is 419 g/mol. The maximum Gasteiger partial charge on any atom is 0.340 e. The molecule has 0 aliphatic carbocycles. The van der Waals surface area contributed by atoms with Gasteiger partial charge in [0.05, 0.1) is 30.9 Å². The van der Waals surface area contributed by atoms with Crippen molar-refractivity contribution in [3.05, 3.63) is 80.9 Å². The first kappa shape index (κ1) is 20.9. The number of aryl methyl sites for hydroxylation is 3. The van der Waals surface area contributed by atoms with Gasteiger partial charge in [-0.25, -0.2) is 4.79 Å². The Hall–Kier alpha value is -3.38. The van der Waals surface area contributed by atoms with Gasteiger partial charge < -0.3 is 19.3 Å². The van der Waals surface area contributed by atoms with E-state index in [0.29, 0.717) is 23.2 Å². The Kier molecular flexibility index (Phi) is 5.65. The standard InChI is InChI=1S/C25H25NO5/c1-14-13-30-23-16(3)24-20(10-19(14)23)15(2)21(25(29)31-24)11-22(28)26-18(12-27)9-17-7-5-4-6-8-17/h4-8,10,13,18,27H,9,11-12H2,1-3H3,(H,26,28)/t18-/m0/s1. The molecule has 2 aromatic carbocycles. The Bertz CT molecular complexity index is 1320. The lowest BCUT2D eigenvalue weighted by atomic mass is 9.99. The van der Waals surface area contributed by atoms with Gasteiger partial charge in [0.15, 0.2) is 0 Å². The first-order valence-corrected chi connectivity index (χ1v) is 10.3. The van der Waals surface area contributed by atoms with Crippen LogP contribution in [0, 0.1) is 20.8 Å². The molecule has 0 fully saturated rings. The van der Waals surface area contributed by atoms with Crippen LogP contribution in [0.15, 0.2) is 56.3 Å². The topological polar surface area (TPSA) is 92.7 Å². The minimum absolute atomic E-state index is 0.114. The van der Waals surface area contributed by atoms with E-state index in [0.717, 1.165) is 33.0 Å². The van der Waals surface area contributed by atoms with Crippen molar-refractivity contribution in [3.63, 3.8) is 0 Å². The Morgan fingerprint density at radius 1 is 1.06 bits per heavy atom. The van der Waals surface area contributed by atoms with E-state index in [1.54, 1.807) is 6.26 Å². The van der Waals surface area contributed by atoms with E-state index in [4.69, 9.17) is 8.83 Å². The third-order valence-electron chi connectivity index (χ3n) is 5.78. The minimum atomic E-state index is -0.533. The molecule has 4 rings (SSSR count). The van der Waals surface area contributed by atoms with Gasteiger partial charge in [0.2, 0.25) is 5.91 Å². The van der Waals surface area contributed by atoms with Crippen LogP contribution in [0.4, 0.5) is 0 Å². The second-order valence-corrected chi connectivity index (χ2v) is 7.98. The van der Waals surface area contributed by atoms with E-state index in [9.17, 15) is 14.7 Å². The summed E-state index contributed by atoms with van der Waals surface area (Å²) in [6.07, 6.45) is 2.07. The smallest absolute Gasteiger partial charge is 0.340 e. The highest BCUT2D eigenvalue weighted by Gasteiger charge is 2.20. The molecule has 0 radical (unpaired) electrons. The van der Waals surface area contributed by atoms with E-state index in [1.807, 2.05) is 57.2 Å². The minimum Gasteiger partial charge on any atom is -0.464 e. The largest absolute Gasteiger partial charge is 0.464 e. The summed E-state index contributed by atoms with van der Waals surface area (Å²) in [7, 11) is 0. The predicted molar refractivity (Wildman–Crippen MR) is 119 cm³/mol. The number of fused-ring (bicyclic) bond motifs is 2. The Labute approximate surface area is 179 Å². The van der Waals surface area contributed by atoms with Crippen molar-refractivity contribution < 1.29 is 18.7 Å². The highest BCUT2D eigenvalue weighted by atomic mass is 16.4. The summed E-state index contributed by atoms with van der Waals surface area (Å²) in [5.74, 6) is -0.331. The lowest BCUT2D eigenvalue weighted by molar-refractivity contribution is -0.121. The number of aliphatic hydroxyl groups excluding tert-OH is 1. The molecule has 1 atom stereocenters. The summed E-state index contributed by atoms with van der Waals surface area (Å²) in [5.41, 5.74) is 4.46. The number of carbonyl (C=O) groups is 1. The van der Waals surface area contributed by atoms with Crippen LogP contribution in [0.3, 0.4) is 0 Å². The summed E-state index contributed by atoms with van der Waals surface area (Å²) in [4.78, 5) is 25.4. The van der Waals surface area contributed by atoms with Crippen molar-refractivity contribution in [2.75, 3.05) is 6.61 Å². The molecule has 0 saturated carbocycles. The number of aliphatic hydroxyl groups is 1. The van der Waals surface area contributed by atoms with Crippen molar-refractivity contribution in [2.45, 2.75) is 39.7 Å². The Balaban J connectivity index is 1.63. The number of hydrogen-bond donors (Lipinski definition) is 2. The van der Waals surface area contributed by atoms with Crippen LogP contribution in [0.1, 0.15) is 27.8 Å². The number of nitrogens with one attached hydrogen (secondary N) is 1. The highest BCUT2D eigenvalue weighted by Crippen LogP contribution is 2.32. The first-order chi connectivity index (χ1) is 14.9. The summed E-state index contributed by atoms with van der Waals surface area (Å²) in [5, 5.41) is 14.3. The molecule has 6 nitrogen and oxygen atoms in total. The molecule has 2 N–H and O–H groups in total. The average Bonchev–Trinajstić information content (AvgIpc) is 3.13. The van der Waals surface area contributed by atoms with Gasteiger partial charge in [0.1, 0.15) is 11.2 Å². The van der Waals surface area contributed by atoms with Gasteiger partial charge in [-0.1, -0.05) is 30.3 Å². The van der Waals surface area contributed by atoms with Gasteiger partial charge in [0, 0.05) is 16.3 Å². The van der Waals surface area contributed by atoms with Crippen LogP contribution >= 0.6 is 0 Å². The number of amides is 1. The fraction of sp³-hybridized carbons (Fsp3) is 0.280. The van der Waals surface area contributed by atoms with Crippen LogP contribution in [-0.4, -0.2) is 23.7 Å². The Morgan fingerprint density at radius 3 is 2.52 bits per heavy atom. The molecule has 0 saturated heterocycles. The van der Waals surface area contributed by atoms with Gasteiger partial charge in [-0.05, 0) is 49.9 Å². The molecule has 2 heterocycles. The molecule has 160 valence electrons. The maximum absolute atomic E-state index is 12.7. The fourth-order valence-corrected chi connectivity index (χ4v) is 4.02. The number of hydrogen-bond acceptors (Lipinski definition) is 5. The zero-order valence-electron chi connectivity index (χ0n) is 17.8. The zero-order chi connectivity index (χ0) is 22.1. The van der Waals surface area contributed by atoms with Crippen molar-refractivity contribution >= 4 is 27.8 Å². The van der Waals surface area contributed by atoms with Crippen molar-refractivity contribution in [2.24, 2.45) is 0 Å². The van der Waals surface area contributed by atoms with Crippen molar-refractivity contribution in [1.82, 2.24) is 5.32 Å². The molecule has 0 aliphatic heterocycles. The van der Waals surface area contributed by atoms with Gasteiger partial charge in [-0.2, -0.15) is 0 Å². The molecule has 0 spiro atoms. The molecule has 6 heteroatoms. The van der Waals surface area contributed by atoms with Crippen LogP contribution < -0.4 is 10.9 Å². The van der Waals surface area contributed by atoms with Gasteiger partial charge in [-0.3, -0.25) is 4.79 Å². The molecule has 0 unspecified atom stereocenters. The normalized spacial score (nSPS) is 12.4. The molecular weight excluding hydrogens is 394 g/mol. The number of carbonyl (C=O) groups excluding carboxylic acids is 1. The lowest BCUT2D eigenvalue weighted by Gasteiger charge is -2.17. The highest BCUT2D eigenvalue weighted by molar-refractivity contribution is 6.00. The van der Waals surface area contributed by atoms with Crippen LogP contribution in [0.5, 0.6) is 0 Å². The molecule has 1 amide bonds. The van der Waals surface area contributed by atoms with Gasteiger partial charge in [-0.15, -0.1) is 0 Å². The van der Waals surface area contributed by atoms with E-state index >= 15 is 0 Å². The quantitative estimate of drug-likeness (QED) is 0.465. The number of rotatable bonds is 6. The number of furan rings is 1. The Morgan fingerprint density at radius 2 is 1.81 bits per heavy atom. The second kappa shape index (κ2) is 8.40. The maximum atomic E-state index is 12.7. The second-order valence-electron chi connectivity index (χ2n) is 7.98. The first-order valence-electron chi connectivity index (χ1n) is 10.3. The molecule has 4 aromatic rings. The van der Waals surface area contributed by atoms with Crippen molar-refractivity contribution in [1.29, 1.82) is 0 Å². The van der Waals surface area contributed by atoms with E-state index in [2.05, 4.69) is 5.32 Å². The molecule has 31 heavy (non-hydrogen) atoms. The van der Waals surface area contributed by atoms with E-state index in [-0.39, 0.29) is 18.9 Å².